The van der Waals surface area contributed by atoms with Gasteiger partial charge in [-0.15, -0.1) is 0 Å². The van der Waals surface area contributed by atoms with Crippen molar-refractivity contribution in [2.75, 3.05) is 32.8 Å². The fourth-order valence-corrected chi connectivity index (χ4v) is 3.36. The van der Waals surface area contributed by atoms with E-state index in [1.807, 2.05) is 18.2 Å². The standard InChI is InChI=1S/C20H24BrNO2/c21-19-7-1-5-18(14-19)16-24-20-8-2-4-17(15-20)6-3-9-22-10-12-23-13-11-22/h1-2,4-5,7-8,14-15H,3,6,9-13,16H2. The van der Waals surface area contributed by atoms with Crippen LogP contribution in [-0.4, -0.2) is 37.7 Å². The van der Waals surface area contributed by atoms with E-state index in [2.05, 4.69) is 51.2 Å². The van der Waals surface area contributed by atoms with E-state index in [1.54, 1.807) is 0 Å². The zero-order valence-electron chi connectivity index (χ0n) is 13.9. The van der Waals surface area contributed by atoms with Crippen LogP contribution in [0.4, 0.5) is 0 Å². The Morgan fingerprint density at radius 3 is 2.62 bits per heavy atom. The summed E-state index contributed by atoms with van der Waals surface area (Å²) in [5.74, 6) is 0.943. The van der Waals surface area contributed by atoms with Crippen LogP contribution < -0.4 is 4.74 Å². The molecule has 0 atom stereocenters. The second-order valence-electron chi connectivity index (χ2n) is 6.12. The summed E-state index contributed by atoms with van der Waals surface area (Å²) in [5, 5.41) is 0. The number of halogens is 1. The van der Waals surface area contributed by atoms with Crippen molar-refractivity contribution in [3.05, 3.63) is 64.1 Å². The molecule has 0 spiro atoms. The lowest BCUT2D eigenvalue weighted by atomic mass is 10.1. The van der Waals surface area contributed by atoms with Gasteiger partial charge in [0.05, 0.1) is 13.2 Å². The third-order valence-corrected chi connectivity index (χ3v) is 4.73. The molecule has 0 aromatic heterocycles. The molecule has 1 heterocycles. The molecule has 2 aromatic carbocycles. The third-order valence-electron chi connectivity index (χ3n) is 4.24. The van der Waals surface area contributed by atoms with Crippen LogP contribution in [0.25, 0.3) is 0 Å². The van der Waals surface area contributed by atoms with Crippen molar-refractivity contribution in [1.29, 1.82) is 0 Å². The van der Waals surface area contributed by atoms with Crippen molar-refractivity contribution in [2.45, 2.75) is 19.4 Å². The van der Waals surface area contributed by atoms with Crippen molar-refractivity contribution in [3.8, 4) is 5.75 Å². The van der Waals surface area contributed by atoms with E-state index in [-0.39, 0.29) is 0 Å². The van der Waals surface area contributed by atoms with Gasteiger partial charge < -0.3 is 9.47 Å². The maximum Gasteiger partial charge on any atom is 0.120 e. The van der Waals surface area contributed by atoms with Gasteiger partial charge in [-0.2, -0.15) is 0 Å². The summed E-state index contributed by atoms with van der Waals surface area (Å²) >= 11 is 3.49. The topological polar surface area (TPSA) is 21.7 Å². The fourth-order valence-electron chi connectivity index (χ4n) is 2.92. The van der Waals surface area contributed by atoms with E-state index < -0.39 is 0 Å². The highest BCUT2D eigenvalue weighted by Gasteiger charge is 2.09. The number of hydrogen-bond acceptors (Lipinski definition) is 3. The van der Waals surface area contributed by atoms with Crippen molar-refractivity contribution in [2.24, 2.45) is 0 Å². The number of nitrogens with zero attached hydrogens (tertiary/aromatic N) is 1. The summed E-state index contributed by atoms with van der Waals surface area (Å²) in [6.07, 6.45) is 2.26. The number of morpholine rings is 1. The predicted octanol–water partition coefficient (Wildman–Crippen LogP) is 4.29. The van der Waals surface area contributed by atoms with Gasteiger partial charge in [0, 0.05) is 17.6 Å². The summed E-state index contributed by atoms with van der Waals surface area (Å²) in [4.78, 5) is 2.48. The van der Waals surface area contributed by atoms with E-state index in [9.17, 15) is 0 Å². The Kier molecular flexibility index (Phi) is 6.70. The van der Waals surface area contributed by atoms with Crippen molar-refractivity contribution < 1.29 is 9.47 Å². The average molecular weight is 390 g/mol. The second-order valence-corrected chi connectivity index (χ2v) is 7.04. The summed E-state index contributed by atoms with van der Waals surface area (Å²) < 4.78 is 12.4. The highest BCUT2D eigenvalue weighted by molar-refractivity contribution is 9.10. The molecule has 0 saturated carbocycles. The molecule has 0 radical (unpaired) electrons. The lowest BCUT2D eigenvalue weighted by molar-refractivity contribution is 0.0374. The smallest absolute Gasteiger partial charge is 0.120 e. The van der Waals surface area contributed by atoms with Crippen LogP contribution in [0, 0.1) is 0 Å². The van der Waals surface area contributed by atoms with Crippen LogP contribution in [0.15, 0.2) is 53.0 Å². The van der Waals surface area contributed by atoms with E-state index in [0.29, 0.717) is 6.61 Å². The first-order valence-corrected chi connectivity index (χ1v) is 9.35. The maximum absolute atomic E-state index is 5.94. The molecule has 2 aromatic rings. The van der Waals surface area contributed by atoms with Gasteiger partial charge in [0.15, 0.2) is 0 Å². The van der Waals surface area contributed by atoms with Crippen LogP contribution >= 0.6 is 15.9 Å². The first-order chi connectivity index (χ1) is 11.8. The molecule has 1 aliphatic heterocycles. The largest absolute Gasteiger partial charge is 0.489 e. The monoisotopic (exact) mass is 389 g/mol. The average Bonchev–Trinajstić information content (AvgIpc) is 2.61. The van der Waals surface area contributed by atoms with Crippen LogP contribution in [-0.2, 0) is 17.8 Å². The number of benzene rings is 2. The number of ether oxygens (including phenoxy) is 2. The Hall–Kier alpha value is -1.36. The lowest BCUT2D eigenvalue weighted by Crippen LogP contribution is -2.36. The molecule has 1 saturated heterocycles. The zero-order valence-corrected chi connectivity index (χ0v) is 15.5. The minimum atomic E-state index is 0.594. The Morgan fingerprint density at radius 2 is 1.79 bits per heavy atom. The summed E-state index contributed by atoms with van der Waals surface area (Å²) in [7, 11) is 0. The third kappa shape index (κ3) is 5.62. The van der Waals surface area contributed by atoms with Gasteiger partial charge in [0.2, 0.25) is 0 Å². The number of hydrogen-bond donors (Lipinski definition) is 0. The van der Waals surface area contributed by atoms with Gasteiger partial charge in [0.25, 0.3) is 0 Å². The van der Waals surface area contributed by atoms with Crippen LogP contribution in [0.5, 0.6) is 5.75 Å². The molecular weight excluding hydrogens is 366 g/mol. The van der Waals surface area contributed by atoms with Crippen molar-refractivity contribution >= 4 is 15.9 Å². The first-order valence-electron chi connectivity index (χ1n) is 8.56. The minimum absolute atomic E-state index is 0.594. The second kappa shape index (κ2) is 9.21. The molecule has 0 bridgehead atoms. The quantitative estimate of drug-likeness (QED) is 0.704. The van der Waals surface area contributed by atoms with Gasteiger partial charge in [0.1, 0.15) is 12.4 Å². The summed E-state index contributed by atoms with van der Waals surface area (Å²) in [6, 6.07) is 16.7. The van der Waals surface area contributed by atoms with Gasteiger partial charge in [-0.25, -0.2) is 0 Å². The Labute approximate surface area is 152 Å². The number of aryl methyl sites for hydroxylation is 1. The summed E-state index contributed by atoms with van der Waals surface area (Å²) in [5.41, 5.74) is 2.51. The lowest BCUT2D eigenvalue weighted by Gasteiger charge is -2.26. The molecule has 1 fully saturated rings. The molecule has 3 nitrogen and oxygen atoms in total. The molecule has 4 heteroatoms. The Morgan fingerprint density at radius 1 is 1.00 bits per heavy atom. The normalized spacial score (nSPS) is 15.4. The van der Waals surface area contributed by atoms with E-state index in [1.165, 1.54) is 17.5 Å². The highest BCUT2D eigenvalue weighted by Crippen LogP contribution is 2.18. The molecule has 0 unspecified atom stereocenters. The summed E-state index contributed by atoms with van der Waals surface area (Å²) in [6.45, 7) is 5.62. The Balaban J connectivity index is 1.46. The van der Waals surface area contributed by atoms with Crippen molar-refractivity contribution in [3.63, 3.8) is 0 Å². The highest BCUT2D eigenvalue weighted by atomic mass is 79.9. The molecular formula is C20H24BrNO2. The van der Waals surface area contributed by atoms with Crippen molar-refractivity contribution in [1.82, 2.24) is 4.90 Å². The van der Waals surface area contributed by atoms with E-state index >= 15 is 0 Å². The molecule has 1 aliphatic rings. The van der Waals surface area contributed by atoms with Gasteiger partial charge in [-0.3, -0.25) is 4.90 Å². The van der Waals surface area contributed by atoms with E-state index in [0.717, 1.165) is 49.5 Å². The predicted molar refractivity (Wildman–Crippen MR) is 100 cm³/mol. The maximum atomic E-state index is 5.94. The molecule has 24 heavy (non-hydrogen) atoms. The molecule has 128 valence electrons. The van der Waals surface area contributed by atoms with Gasteiger partial charge in [-0.05, 0) is 54.8 Å². The fraction of sp³-hybridized carbons (Fsp3) is 0.400. The molecule has 3 rings (SSSR count). The molecule has 0 aliphatic carbocycles. The molecule has 0 N–H and O–H groups in total. The van der Waals surface area contributed by atoms with Crippen LogP contribution in [0.2, 0.25) is 0 Å². The number of rotatable bonds is 7. The first kappa shape index (κ1) is 17.5. The molecule has 0 amide bonds. The minimum Gasteiger partial charge on any atom is -0.489 e. The zero-order chi connectivity index (χ0) is 16.6. The van der Waals surface area contributed by atoms with Crippen LogP contribution in [0.1, 0.15) is 17.5 Å². The Bertz CT molecular complexity index is 641. The van der Waals surface area contributed by atoms with E-state index in [4.69, 9.17) is 9.47 Å². The van der Waals surface area contributed by atoms with Gasteiger partial charge >= 0.3 is 0 Å². The van der Waals surface area contributed by atoms with Gasteiger partial charge in [-0.1, -0.05) is 40.2 Å². The SMILES string of the molecule is Brc1cccc(COc2cccc(CCCN3CCOCC3)c2)c1. The van der Waals surface area contributed by atoms with Crippen LogP contribution in [0.3, 0.4) is 0 Å².